The Morgan fingerprint density at radius 1 is 0.848 bits per heavy atom. The van der Waals surface area contributed by atoms with Crippen LogP contribution in [0.1, 0.15) is 53.4 Å². The fraction of sp³-hybridized carbons (Fsp3) is 0.720. The zero-order chi connectivity index (χ0) is 24.8. The van der Waals surface area contributed by atoms with Crippen LogP contribution >= 0.6 is 0 Å². The Kier molecular flexibility index (Phi) is 7.41. The molecule has 0 bridgehead atoms. The average Bonchev–Trinajstić information content (AvgIpc) is 3.00. The second kappa shape index (κ2) is 9.20. The van der Waals surface area contributed by atoms with Crippen molar-refractivity contribution in [3.05, 3.63) is 35.9 Å². The molecule has 1 aromatic carbocycles. The second-order valence-electron chi connectivity index (χ2n) is 12.3. The van der Waals surface area contributed by atoms with E-state index in [4.69, 9.17) is 23.1 Å². The molecule has 8 heteroatoms. The quantitative estimate of drug-likeness (QED) is 0.367. The van der Waals surface area contributed by atoms with Gasteiger partial charge < -0.3 is 23.1 Å². The predicted octanol–water partition coefficient (Wildman–Crippen LogP) is 5.81. The molecular weight excluding hydrogens is 452 g/mol. The molecule has 1 aromatic rings. The Morgan fingerprint density at radius 3 is 1.97 bits per heavy atom. The van der Waals surface area contributed by atoms with Crippen LogP contribution in [-0.2, 0) is 27.9 Å². The van der Waals surface area contributed by atoms with Gasteiger partial charge in [-0.2, -0.15) is 0 Å². The third-order valence-corrected chi connectivity index (χ3v) is 16.7. The number of hydrogen-bond donors (Lipinski definition) is 0. The number of ether oxygens (including phenoxy) is 3. The van der Waals surface area contributed by atoms with Gasteiger partial charge in [-0.15, -0.1) is 0 Å². The van der Waals surface area contributed by atoms with Gasteiger partial charge in [0.25, 0.3) is 0 Å². The highest BCUT2D eigenvalue weighted by atomic mass is 28.4. The molecule has 0 radical (unpaired) electrons. The van der Waals surface area contributed by atoms with Crippen LogP contribution < -0.4 is 0 Å². The summed E-state index contributed by atoms with van der Waals surface area (Å²) in [6, 6.07) is 9.80. The van der Waals surface area contributed by atoms with E-state index in [2.05, 4.69) is 67.7 Å². The van der Waals surface area contributed by atoms with Crippen LogP contribution in [0.2, 0.25) is 36.3 Å². The Bertz CT molecular complexity index is 828. The normalized spacial score (nSPS) is 29.0. The van der Waals surface area contributed by atoms with Crippen molar-refractivity contribution in [2.24, 2.45) is 0 Å². The van der Waals surface area contributed by atoms with Gasteiger partial charge in [-0.05, 0) is 36.3 Å². The second-order valence-corrected chi connectivity index (χ2v) is 21.9. The summed E-state index contributed by atoms with van der Waals surface area (Å²) in [6.45, 7) is 22.1. The lowest BCUT2D eigenvalue weighted by Crippen LogP contribution is -2.55. The van der Waals surface area contributed by atoms with Gasteiger partial charge in [0, 0.05) is 5.56 Å². The lowest BCUT2D eigenvalue weighted by Gasteiger charge is -2.43. The molecule has 0 spiro atoms. The first-order valence-corrected chi connectivity index (χ1v) is 17.7. The van der Waals surface area contributed by atoms with Gasteiger partial charge >= 0.3 is 5.97 Å². The molecule has 33 heavy (non-hydrogen) atoms. The molecule has 186 valence electrons. The summed E-state index contributed by atoms with van der Waals surface area (Å²) in [5.41, 5.74) is 0.902. The Morgan fingerprint density at radius 2 is 1.42 bits per heavy atom. The summed E-state index contributed by atoms with van der Waals surface area (Å²) in [4.78, 5) is 13.0. The van der Waals surface area contributed by atoms with Gasteiger partial charge in [-0.25, -0.2) is 4.79 Å². The molecule has 0 aromatic heterocycles. The van der Waals surface area contributed by atoms with Crippen molar-refractivity contribution in [3.8, 4) is 0 Å². The fourth-order valence-electron chi connectivity index (χ4n) is 3.44. The predicted molar refractivity (Wildman–Crippen MR) is 134 cm³/mol. The number of benzene rings is 1. The van der Waals surface area contributed by atoms with E-state index in [0.717, 1.165) is 5.56 Å². The minimum atomic E-state index is -2.23. The first kappa shape index (κ1) is 26.6. The lowest BCUT2D eigenvalue weighted by molar-refractivity contribution is -0.286. The summed E-state index contributed by atoms with van der Waals surface area (Å²) < 4.78 is 31.5. The van der Waals surface area contributed by atoms with E-state index in [0.29, 0.717) is 6.61 Å². The maximum absolute atomic E-state index is 13.0. The molecule has 6 nitrogen and oxygen atoms in total. The number of rotatable bonds is 6. The number of esters is 1. The monoisotopic (exact) mass is 494 g/mol. The molecule has 0 amide bonds. The summed E-state index contributed by atoms with van der Waals surface area (Å²) in [5.74, 6) is -0.371. The number of carbonyl (C=O) groups excluding carboxylic acids is 1. The largest absolute Gasteiger partial charge is 0.455 e. The van der Waals surface area contributed by atoms with Crippen LogP contribution in [-0.4, -0.2) is 53.6 Å². The van der Waals surface area contributed by atoms with Crippen LogP contribution in [0.25, 0.3) is 0 Å². The molecule has 2 saturated heterocycles. The molecule has 5 atom stereocenters. The van der Waals surface area contributed by atoms with Crippen molar-refractivity contribution in [2.45, 2.75) is 109 Å². The molecule has 2 fully saturated rings. The van der Waals surface area contributed by atoms with Gasteiger partial charge in [0.2, 0.25) is 0 Å². The number of fused-ring (bicyclic) bond motifs is 1. The summed E-state index contributed by atoms with van der Waals surface area (Å²) in [5, 5.41) is 0.0247. The van der Waals surface area contributed by atoms with Gasteiger partial charge in [0.15, 0.2) is 35.1 Å². The van der Waals surface area contributed by atoms with Crippen molar-refractivity contribution < 1.29 is 27.9 Å². The van der Waals surface area contributed by atoms with Crippen LogP contribution in [0.3, 0.4) is 0 Å². The number of hydrogen-bond acceptors (Lipinski definition) is 6. The highest BCUT2D eigenvalue weighted by Gasteiger charge is 2.57. The Hall–Kier alpha value is -1.04. The van der Waals surface area contributed by atoms with Crippen molar-refractivity contribution in [1.82, 2.24) is 0 Å². The van der Waals surface area contributed by atoms with Gasteiger partial charge in [0.05, 0.1) is 6.61 Å². The Balaban J connectivity index is 1.88. The van der Waals surface area contributed by atoms with Crippen LogP contribution in [0, 0.1) is 0 Å². The Labute approximate surface area is 201 Å². The lowest BCUT2D eigenvalue weighted by atomic mass is 10.0. The van der Waals surface area contributed by atoms with Crippen LogP contribution in [0.5, 0.6) is 0 Å². The fourth-order valence-corrected chi connectivity index (χ4v) is 5.67. The van der Waals surface area contributed by atoms with Crippen molar-refractivity contribution in [3.63, 3.8) is 0 Å². The third-order valence-electron chi connectivity index (χ3n) is 7.77. The topological polar surface area (TPSA) is 63.2 Å². The highest BCUT2D eigenvalue weighted by Crippen LogP contribution is 2.43. The van der Waals surface area contributed by atoms with E-state index in [-0.39, 0.29) is 16.0 Å². The number of carbonyl (C=O) groups is 1. The standard InChI is InChI=1S/C25H42O6Si2/c1-24(2,3)32(7,8)27-16-18-19-20(30-23(28-18)17-14-12-11-13-15-17)21(22(26)29-19)31-33(9,10)25(4,5)6/h11-15,18-21,23H,16H2,1-10H3/t18-,19+,20-,21-,23-/m0/s1. The van der Waals surface area contributed by atoms with Crippen molar-refractivity contribution in [2.75, 3.05) is 6.61 Å². The van der Waals surface area contributed by atoms with E-state index < -0.39 is 47.3 Å². The van der Waals surface area contributed by atoms with E-state index in [1.807, 2.05) is 30.3 Å². The smallest absolute Gasteiger partial charge is 0.337 e. The molecule has 0 unspecified atom stereocenters. The van der Waals surface area contributed by atoms with Gasteiger partial charge in [-0.1, -0.05) is 71.9 Å². The third kappa shape index (κ3) is 5.62. The molecule has 0 saturated carbocycles. The maximum atomic E-state index is 13.0. The van der Waals surface area contributed by atoms with Crippen LogP contribution in [0.4, 0.5) is 0 Å². The molecular formula is C25H42O6Si2. The average molecular weight is 495 g/mol. The zero-order valence-electron chi connectivity index (χ0n) is 21.9. The highest BCUT2D eigenvalue weighted by molar-refractivity contribution is 6.74. The van der Waals surface area contributed by atoms with Gasteiger partial charge in [0.1, 0.15) is 12.2 Å². The molecule has 3 rings (SSSR count). The minimum absolute atomic E-state index is 0.0415. The van der Waals surface area contributed by atoms with E-state index in [1.165, 1.54) is 0 Å². The first-order chi connectivity index (χ1) is 15.0. The molecule has 2 heterocycles. The zero-order valence-corrected chi connectivity index (χ0v) is 23.9. The first-order valence-electron chi connectivity index (χ1n) is 11.9. The van der Waals surface area contributed by atoms with Gasteiger partial charge in [-0.3, -0.25) is 0 Å². The van der Waals surface area contributed by atoms with Crippen molar-refractivity contribution >= 4 is 22.6 Å². The minimum Gasteiger partial charge on any atom is -0.455 e. The summed E-state index contributed by atoms with van der Waals surface area (Å²) in [7, 11) is -4.25. The SMILES string of the molecule is CC(C)(C)[Si](C)(C)OC[C@@H]1O[C@H](c2ccccc2)O[C@H]2[C@@H]1OC(=O)[C@H]2O[Si](C)(C)C(C)(C)C. The maximum Gasteiger partial charge on any atom is 0.337 e. The molecule has 2 aliphatic heterocycles. The summed E-state index contributed by atoms with van der Waals surface area (Å²) >= 11 is 0. The summed E-state index contributed by atoms with van der Waals surface area (Å²) in [6.07, 6.45) is -2.91. The van der Waals surface area contributed by atoms with Crippen LogP contribution in [0.15, 0.2) is 30.3 Å². The van der Waals surface area contributed by atoms with E-state index >= 15 is 0 Å². The van der Waals surface area contributed by atoms with E-state index in [1.54, 1.807) is 0 Å². The molecule has 0 aliphatic carbocycles. The van der Waals surface area contributed by atoms with E-state index in [9.17, 15) is 4.79 Å². The molecule has 2 aliphatic rings. The molecule has 0 N–H and O–H groups in total. The van der Waals surface area contributed by atoms with Crippen molar-refractivity contribution in [1.29, 1.82) is 0 Å².